The van der Waals surface area contributed by atoms with Gasteiger partial charge in [0.05, 0.1) is 17.7 Å². The molecule has 2 N–H and O–H groups in total. The van der Waals surface area contributed by atoms with E-state index in [0.717, 1.165) is 0 Å². The minimum atomic E-state index is -0.353. The highest BCUT2D eigenvalue weighted by Gasteiger charge is 2.16. The number of aromatic nitrogens is 3. The van der Waals surface area contributed by atoms with Crippen molar-refractivity contribution in [1.82, 2.24) is 19.7 Å². The molecule has 2 heterocycles. The van der Waals surface area contributed by atoms with Crippen molar-refractivity contribution in [2.45, 2.75) is 13.0 Å². The van der Waals surface area contributed by atoms with Crippen molar-refractivity contribution in [3.05, 3.63) is 35.6 Å². The van der Waals surface area contributed by atoms with Gasteiger partial charge in [0.15, 0.2) is 11.6 Å². The first kappa shape index (κ1) is 15.3. The van der Waals surface area contributed by atoms with Gasteiger partial charge in [0.1, 0.15) is 0 Å². The predicted molar refractivity (Wildman–Crippen MR) is 79.7 cm³/mol. The summed E-state index contributed by atoms with van der Waals surface area (Å²) in [5, 5.41) is 16.3. The van der Waals surface area contributed by atoms with E-state index in [1.165, 1.54) is 9.58 Å². The van der Waals surface area contributed by atoms with Gasteiger partial charge in [0.25, 0.3) is 0 Å². The van der Waals surface area contributed by atoms with Crippen molar-refractivity contribution >= 4 is 23.4 Å². The zero-order valence-electron chi connectivity index (χ0n) is 11.7. The number of carbonyl (C=O) groups excluding carboxylic acids is 1. The highest BCUT2D eigenvalue weighted by molar-refractivity contribution is 6.32. The SMILES string of the molecule is CC(CO)N(C)C(=O)Nc1ccn(-c2ncccc2Cl)n1. The van der Waals surface area contributed by atoms with Gasteiger partial charge in [-0.3, -0.25) is 5.32 Å². The molecule has 0 fully saturated rings. The Morgan fingerprint density at radius 3 is 3.00 bits per heavy atom. The molecule has 8 heteroatoms. The molecular weight excluding hydrogens is 294 g/mol. The normalized spacial score (nSPS) is 12.0. The number of rotatable bonds is 4. The Morgan fingerprint density at radius 2 is 2.33 bits per heavy atom. The number of nitrogens with zero attached hydrogens (tertiary/aromatic N) is 4. The summed E-state index contributed by atoms with van der Waals surface area (Å²) in [6.07, 6.45) is 3.26. The quantitative estimate of drug-likeness (QED) is 0.901. The van der Waals surface area contributed by atoms with E-state index >= 15 is 0 Å². The Hall–Kier alpha value is -2.12. The fourth-order valence-corrected chi connectivity index (χ4v) is 1.78. The molecule has 1 atom stereocenters. The monoisotopic (exact) mass is 309 g/mol. The van der Waals surface area contributed by atoms with Gasteiger partial charge in [-0.2, -0.15) is 0 Å². The van der Waals surface area contributed by atoms with Gasteiger partial charge in [-0.25, -0.2) is 14.5 Å². The number of urea groups is 1. The molecule has 0 aliphatic carbocycles. The van der Waals surface area contributed by atoms with Crippen molar-refractivity contribution < 1.29 is 9.90 Å². The maximum Gasteiger partial charge on any atom is 0.323 e. The van der Waals surface area contributed by atoms with Crippen molar-refractivity contribution in [3.8, 4) is 5.82 Å². The number of likely N-dealkylation sites (N-methyl/N-ethyl adjacent to an activating group) is 1. The Labute approximate surface area is 127 Å². The van der Waals surface area contributed by atoms with Crippen molar-refractivity contribution in [3.63, 3.8) is 0 Å². The summed E-state index contributed by atoms with van der Waals surface area (Å²) >= 11 is 6.04. The minimum Gasteiger partial charge on any atom is -0.394 e. The summed E-state index contributed by atoms with van der Waals surface area (Å²) in [7, 11) is 1.60. The van der Waals surface area contributed by atoms with Crippen LogP contribution in [0.1, 0.15) is 6.92 Å². The van der Waals surface area contributed by atoms with Crippen LogP contribution in [-0.4, -0.2) is 50.5 Å². The first-order valence-electron chi connectivity index (χ1n) is 6.34. The van der Waals surface area contributed by atoms with Crippen LogP contribution in [0.2, 0.25) is 5.02 Å². The van der Waals surface area contributed by atoms with Gasteiger partial charge in [-0.15, -0.1) is 5.10 Å². The van der Waals surface area contributed by atoms with Crippen LogP contribution in [0.15, 0.2) is 30.6 Å². The Balaban J connectivity index is 2.11. The number of hydrogen-bond donors (Lipinski definition) is 2. The summed E-state index contributed by atoms with van der Waals surface area (Å²) in [6.45, 7) is 1.63. The second-order valence-electron chi connectivity index (χ2n) is 4.53. The van der Waals surface area contributed by atoms with E-state index in [4.69, 9.17) is 16.7 Å². The number of amides is 2. The largest absolute Gasteiger partial charge is 0.394 e. The molecule has 0 aliphatic rings. The fourth-order valence-electron chi connectivity index (χ4n) is 1.57. The maximum atomic E-state index is 11.9. The van der Waals surface area contributed by atoms with E-state index < -0.39 is 0 Å². The first-order chi connectivity index (χ1) is 10.0. The molecule has 0 radical (unpaired) electrons. The number of carbonyl (C=O) groups is 1. The van der Waals surface area contributed by atoms with E-state index in [-0.39, 0.29) is 18.7 Å². The van der Waals surface area contributed by atoms with Gasteiger partial charge in [-0.05, 0) is 19.1 Å². The molecule has 2 amide bonds. The summed E-state index contributed by atoms with van der Waals surface area (Å²) < 4.78 is 1.48. The molecule has 0 spiro atoms. The van der Waals surface area contributed by atoms with Gasteiger partial charge in [0, 0.05) is 25.5 Å². The second-order valence-corrected chi connectivity index (χ2v) is 4.93. The fraction of sp³-hybridized carbons (Fsp3) is 0.308. The standard InChI is InChI=1S/C13H16ClN5O2/c1-9(8-20)18(2)13(21)16-11-5-7-19(17-11)12-10(14)4-3-6-15-12/h3-7,9,20H,8H2,1-2H3,(H,16,17,21). The Morgan fingerprint density at radius 1 is 1.57 bits per heavy atom. The van der Waals surface area contributed by atoms with Gasteiger partial charge >= 0.3 is 6.03 Å². The molecule has 21 heavy (non-hydrogen) atoms. The highest BCUT2D eigenvalue weighted by atomic mass is 35.5. The van der Waals surface area contributed by atoms with Crippen LogP contribution in [0, 0.1) is 0 Å². The molecule has 0 bridgehead atoms. The minimum absolute atomic E-state index is 0.109. The lowest BCUT2D eigenvalue weighted by Gasteiger charge is -2.22. The summed E-state index contributed by atoms with van der Waals surface area (Å²) in [4.78, 5) is 17.5. The number of nitrogens with one attached hydrogen (secondary N) is 1. The molecule has 112 valence electrons. The third-order valence-electron chi connectivity index (χ3n) is 3.03. The van der Waals surface area contributed by atoms with Crippen LogP contribution in [0.5, 0.6) is 0 Å². The van der Waals surface area contributed by atoms with E-state index in [2.05, 4.69) is 15.4 Å². The van der Waals surface area contributed by atoms with Gasteiger partial charge in [-0.1, -0.05) is 11.6 Å². The lowest BCUT2D eigenvalue weighted by Crippen LogP contribution is -2.40. The van der Waals surface area contributed by atoms with Gasteiger partial charge in [0.2, 0.25) is 0 Å². The Bertz CT molecular complexity index is 631. The topological polar surface area (TPSA) is 83.3 Å². The third-order valence-corrected chi connectivity index (χ3v) is 3.32. The van der Waals surface area contributed by atoms with E-state index in [1.807, 2.05) is 0 Å². The number of aliphatic hydroxyl groups excluding tert-OH is 1. The van der Waals surface area contributed by atoms with E-state index in [1.54, 1.807) is 44.6 Å². The lowest BCUT2D eigenvalue weighted by atomic mass is 10.3. The molecule has 0 saturated heterocycles. The van der Waals surface area contributed by atoms with Crippen LogP contribution in [0.4, 0.5) is 10.6 Å². The van der Waals surface area contributed by atoms with E-state index in [0.29, 0.717) is 16.7 Å². The zero-order chi connectivity index (χ0) is 15.4. The maximum absolute atomic E-state index is 11.9. The number of anilines is 1. The summed E-state index contributed by atoms with van der Waals surface area (Å²) in [5.74, 6) is 0.857. The van der Waals surface area contributed by atoms with Crippen LogP contribution in [0.25, 0.3) is 5.82 Å². The number of halogens is 1. The molecular formula is C13H16ClN5O2. The third kappa shape index (κ3) is 3.50. The summed E-state index contributed by atoms with van der Waals surface area (Å²) in [5.41, 5.74) is 0. The van der Waals surface area contributed by atoms with Gasteiger partial charge < -0.3 is 10.0 Å². The highest BCUT2D eigenvalue weighted by Crippen LogP contribution is 2.17. The van der Waals surface area contributed by atoms with Crippen LogP contribution in [0.3, 0.4) is 0 Å². The second kappa shape index (κ2) is 6.55. The van der Waals surface area contributed by atoms with Crippen LogP contribution in [-0.2, 0) is 0 Å². The van der Waals surface area contributed by atoms with Crippen molar-refractivity contribution in [1.29, 1.82) is 0 Å². The van der Waals surface area contributed by atoms with Crippen molar-refractivity contribution in [2.75, 3.05) is 19.0 Å². The van der Waals surface area contributed by atoms with Crippen LogP contribution < -0.4 is 5.32 Å². The van der Waals surface area contributed by atoms with E-state index in [9.17, 15) is 4.79 Å². The van der Waals surface area contributed by atoms with Crippen molar-refractivity contribution in [2.24, 2.45) is 0 Å². The molecule has 0 saturated carbocycles. The Kier molecular flexibility index (Phi) is 4.77. The average molecular weight is 310 g/mol. The molecule has 2 aromatic rings. The molecule has 7 nitrogen and oxygen atoms in total. The zero-order valence-corrected chi connectivity index (χ0v) is 12.4. The molecule has 0 aromatic carbocycles. The lowest BCUT2D eigenvalue weighted by molar-refractivity contribution is 0.166. The number of hydrogen-bond acceptors (Lipinski definition) is 4. The number of pyridine rings is 1. The molecule has 0 aliphatic heterocycles. The molecule has 1 unspecified atom stereocenters. The molecule has 2 rings (SSSR count). The summed E-state index contributed by atoms with van der Waals surface area (Å²) in [6, 6.07) is 4.44. The number of aliphatic hydroxyl groups is 1. The predicted octanol–water partition coefficient (Wildman–Crippen LogP) is 1.77. The first-order valence-corrected chi connectivity index (χ1v) is 6.72. The smallest absolute Gasteiger partial charge is 0.323 e. The molecule has 2 aromatic heterocycles. The average Bonchev–Trinajstić information content (AvgIpc) is 2.94. The van der Waals surface area contributed by atoms with Crippen LogP contribution >= 0.6 is 11.6 Å².